The summed E-state index contributed by atoms with van der Waals surface area (Å²) in [5.74, 6) is -0.0495. The third kappa shape index (κ3) is 5.87. The van der Waals surface area contributed by atoms with Gasteiger partial charge in [-0.1, -0.05) is 30.3 Å². The van der Waals surface area contributed by atoms with Gasteiger partial charge in [-0.25, -0.2) is 17.5 Å². The molecular formula is C21H21FN2O3S. The smallest absolute Gasteiger partial charge is 0.216 e. The summed E-state index contributed by atoms with van der Waals surface area (Å²) in [6, 6.07) is 16.1. The van der Waals surface area contributed by atoms with Crippen LogP contribution in [0, 0.1) is 5.82 Å². The van der Waals surface area contributed by atoms with E-state index in [9.17, 15) is 12.8 Å². The minimum absolute atomic E-state index is 0.276. The lowest BCUT2D eigenvalue weighted by Crippen LogP contribution is -2.28. The van der Waals surface area contributed by atoms with Gasteiger partial charge in [-0.2, -0.15) is 0 Å². The molecular weight excluding hydrogens is 379 g/mol. The van der Waals surface area contributed by atoms with E-state index in [1.807, 2.05) is 24.3 Å². The Labute approximate surface area is 164 Å². The van der Waals surface area contributed by atoms with Crippen LogP contribution in [0.1, 0.15) is 29.7 Å². The Morgan fingerprint density at radius 2 is 1.82 bits per heavy atom. The van der Waals surface area contributed by atoms with Crippen LogP contribution in [0.3, 0.4) is 0 Å². The van der Waals surface area contributed by atoms with Crippen molar-refractivity contribution in [2.75, 3.05) is 0 Å². The van der Waals surface area contributed by atoms with Gasteiger partial charge in [-0.05, 0) is 48.4 Å². The number of halogens is 1. The van der Waals surface area contributed by atoms with Crippen molar-refractivity contribution in [2.24, 2.45) is 0 Å². The number of benzene rings is 2. The molecule has 0 aliphatic rings. The number of ether oxygens (including phenoxy) is 1. The maximum atomic E-state index is 13.2. The predicted molar refractivity (Wildman–Crippen MR) is 106 cm³/mol. The first-order chi connectivity index (χ1) is 13.4. The van der Waals surface area contributed by atoms with Crippen molar-refractivity contribution in [3.63, 3.8) is 0 Å². The van der Waals surface area contributed by atoms with Crippen LogP contribution < -0.4 is 9.46 Å². The molecule has 2 aromatic carbocycles. The Kier molecular flexibility index (Phi) is 6.38. The van der Waals surface area contributed by atoms with E-state index < -0.39 is 21.9 Å². The molecule has 0 amide bonds. The Morgan fingerprint density at radius 3 is 2.50 bits per heavy atom. The third-order valence-corrected chi connectivity index (χ3v) is 5.54. The van der Waals surface area contributed by atoms with Gasteiger partial charge in [0, 0.05) is 24.0 Å². The Balaban J connectivity index is 1.58. The first kappa shape index (κ1) is 20.0. The van der Waals surface area contributed by atoms with Crippen molar-refractivity contribution in [2.45, 2.75) is 25.3 Å². The number of aromatic nitrogens is 1. The molecule has 0 aliphatic heterocycles. The SMILES string of the molecule is CC(NS(=O)(=O)Cc1cccc(F)c1)c1ccc(OCc2cccnc2)cc1. The van der Waals surface area contributed by atoms with Gasteiger partial charge >= 0.3 is 0 Å². The van der Waals surface area contributed by atoms with Crippen molar-refractivity contribution in [3.05, 3.63) is 95.6 Å². The molecule has 3 rings (SSSR count). The molecule has 3 aromatic rings. The second-order valence-corrected chi connectivity index (χ2v) is 8.20. The summed E-state index contributed by atoms with van der Waals surface area (Å²) in [6.07, 6.45) is 3.44. The van der Waals surface area contributed by atoms with E-state index in [4.69, 9.17) is 4.74 Å². The summed E-state index contributed by atoms with van der Waals surface area (Å²) in [4.78, 5) is 4.04. The van der Waals surface area contributed by atoms with Gasteiger partial charge in [0.2, 0.25) is 10.0 Å². The molecule has 0 spiro atoms. The Morgan fingerprint density at radius 1 is 1.07 bits per heavy atom. The number of rotatable bonds is 8. The summed E-state index contributed by atoms with van der Waals surface area (Å²) < 4.78 is 46.3. The fourth-order valence-corrected chi connectivity index (χ4v) is 4.10. The van der Waals surface area contributed by atoms with Crippen molar-refractivity contribution in [1.29, 1.82) is 0 Å². The highest BCUT2D eigenvalue weighted by Crippen LogP contribution is 2.20. The molecule has 0 aliphatic carbocycles. The average Bonchev–Trinajstić information content (AvgIpc) is 2.67. The van der Waals surface area contributed by atoms with Crippen molar-refractivity contribution in [1.82, 2.24) is 9.71 Å². The predicted octanol–water partition coefficient (Wildman–Crippen LogP) is 3.98. The van der Waals surface area contributed by atoms with Crippen LogP contribution in [-0.2, 0) is 22.4 Å². The average molecular weight is 400 g/mol. The summed E-state index contributed by atoms with van der Waals surface area (Å²) in [6.45, 7) is 2.16. The quantitative estimate of drug-likeness (QED) is 0.621. The molecule has 28 heavy (non-hydrogen) atoms. The zero-order chi connectivity index (χ0) is 20.0. The van der Waals surface area contributed by atoms with E-state index >= 15 is 0 Å². The van der Waals surface area contributed by atoms with E-state index in [2.05, 4.69) is 9.71 Å². The van der Waals surface area contributed by atoms with Gasteiger partial charge in [-0.15, -0.1) is 0 Å². The van der Waals surface area contributed by atoms with Gasteiger partial charge in [0.25, 0.3) is 0 Å². The van der Waals surface area contributed by atoms with Crippen LogP contribution in [0.5, 0.6) is 5.75 Å². The van der Waals surface area contributed by atoms with Crippen LogP contribution in [0.2, 0.25) is 0 Å². The molecule has 0 saturated carbocycles. The maximum Gasteiger partial charge on any atom is 0.216 e. The molecule has 0 saturated heterocycles. The topological polar surface area (TPSA) is 68.3 Å². The Bertz CT molecular complexity index is 1010. The van der Waals surface area contributed by atoms with Crippen LogP contribution in [0.4, 0.5) is 4.39 Å². The second-order valence-electron chi connectivity index (χ2n) is 6.45. The minimum Gasteiger partial charge on any atom is -0.489 e. The highest BCUT2D eigenvalue weighted by atomic mass is 32.2. The van der Waals surface area contributed by atoms with Gasteiger partial charge in [-0.3, -0.25) is 4.98 Å². The van der Waals surface area contributed by atoms with Gasteiger partial charge in [0.1, 0.15) is 18.2 Å². The molecule has 0 radical (unpaired) electrons. The fourth-order valence-electron chi connectivity index (χ4n) is 2.73. The van der Waals surface area contributed by atoms with E-state index in [1.54, 1.807) is 37.5 Å². The number of nitrogens with zero attached hydrogens (tertiary/aromatic N) is 1. The van der Waals surface area contributed by atoms with Crippen LogP contribution >= 0.6 is 0 Å². The summed E-state index contributed by atoms with van der Waals surface area (Å²) >= 11 is 0. The van der Waals surface area contributed by atoms with Crippen molar-refractivity contribution in [3.8, 4) is 5.75 Å². The monoisotopic (exact) mass is 400 g/mol. The molecule has 1 atom stereocenters. The van der Waals surface area contributed by atoms with Crippen molar-refractivity contribution < 1.29 is 17.5 Å². The molecule has 0 bridgehead atoms. The van der Waals surface area contributed by atoms with Crippen molar-refractivity contribution >= 4 is 10.0 Å². The van der Waals surface area contributed by atoms with Crippen LogP contribution in [0.25, 0.3) is 0 Å². The van der Waals surface area contributed by atoms with Gasteiger partial charge in [0.15, 0.2) is 0 Å². The molecule has 7 heteroatoms. The molecule has 5 nitrogen and oxygen atoms in total. The largest absolute Gasteiger partial charge is 0.489 e. The molecule has 1 unspecified atom stereocenters. The summed E-state index contributed by atoms with van der Waals surface area (Å²) in [5, 5.41) is 0. The molecule has 146 valence electrons. The van der Waals surface area contributed by atoms with Gasteiger partial charge < -0.3 is 4.74 Å². The summed E-state index contributed by atoms with van der Waals surface area (Å²) in [7, 11) is -3.61. The zero-order valence-corrected chi connectivity index (χ0v) is 16.2. The lowest BCUT2D eigenvalue weighted by Gasteiger charge is -2.15. The molecule has 1 heterocycles. The number of nitrogens with one attached hydrogen (secondary N) is 1. The summed E-state index contributed by atoms with van der Waals surface area (Å²) in [5.41, 5.74) is 2.17. The molecule has 1 N–H and O–H groups in total. The first-order valence-electron chi connectivity index (χ1n) is 8.77. The molecule has 1 aromatic heterocycles. The zero-order valence-electron chi connectivity index (χ0n) is 15.4. The van der Waals surface area contributed by atoms with Crippen LogP contribution in [-0.4, -0.2) is 13.4 Å². The minimum atomic E-state index is -3.61. The van der Waals surface area contributed by atoms with Crippen LogP contribution in [0.15, 0.2) is 73.1 Å². The molecule has 0 fully saturated rings. The first-order valence-corrected chi connectivity index (χ1v) is 10.4. The lowest BCUT2D eigenvalue weighted by molar-refractivity contribution is 0.305. The second kappa shape index (κ2) is 8.95. The van der Waals surface area contributed by atoms with E-state index in [1.165, 1.54) is 18.2 Å². The number of hydrogen-bond acceptors (Lipinski definition) is 4. The Hall–Kier alpha value is -2.77. The number of sulfonamides is 1. The maximum absolute atomic E-state index is 13.2. The standard InChI is InChI=1S/C21H21FN2O3S/c1-16(24-28(25,26)15-17-4-2-6-20(22)12-17)19-7-9-21(10-8-19)27-14-18-5-3-11-23-13-18/h2-13,16,24H,14-15H2,1H3. The van der Waals surface area contributed by atoms with E-state index in [0.29, 0.717) is 17.9 Å². The lowest BCUT2D eigenvalue weighted by atomic mass is 10.1. The van der Waals surface area contributed by atoms with E-state index in [-0.39, 0.29) is 5.75 Å². The highest BCUT2D eigenvalue weighted by molar-refractivity contribution is 7.88. The van der Waals surface area contributed by atoms with E-state index in [0.717, 1.165) is 11.1 Å². The van der Waals surface area contributed by atoms with Gasteiger partial charge in [0.05, 0.1) is 5.75 Å². The fraction of sp³-hybridized carbons (Fsp3) is 0.190. The number of hydrogen-bond donors (Lipinski definition) is 1. The highest BCUT2D eigenvalue weighted by Gasteiger charge is 2.17. The normalized spacial score (nSPS) is 12.5. The number of pyridine rings is 1. The third-order valence-electron chi connectivity index (χ3n) is 4.11.